The van der Waals surface area contributed by atoms with E-state index < -0.39 is 0 Å². The van der Waals surface area contributed by atoms with Crippen molar-refractivity contribution >= 4 is 0 Å². The number of nitrogens with two attached hydrogens (primary N) is 1. The third-order valence-electron chi connectivity index (χ3n) is 3.46. The average Bonchev–Trinajstić information content (AvgIpc) is 2.08. The first kappa shape index (κ1) is 11.8. The van der Waals surface area contributed by atoms with Gasteiger partial charge in [0.2, 0.25) is 0 Å². The summed E-state index contributed by atoms with van der Waals surface area (Å²) in [5.41, 5.74) is 6.35. The van der Waals surface area contributed by atoms with E-state index in [-0.39, 0.29) is 5.54 Å². The summed E-state index contributed by atoms with van der Waals surface area (Å²) in [6.07, 6.45) is 8.15. The molecule has 0 aliphatic heterocycles. The fraction of sp³-hybridized carbons (Fsp3) is 0.846. The predicted octanol–water partition coefficient (Wildman–Crippen LogP) is 3.35. The molecule has 1 saturated carbocycles. The van der Waals surface area contributed by atoms with Crippen LogP contribution in [0.1, 0.15) is 47.0 Å². The summed E-state index contributed by atoms with van der Waals surface area (Å²) in [6.45, 7) is 9.01. The van der Waals surface area contributed by atoms with Gasteiger partial charge in [-0.3, -0.25) is 0 Å². The predicted molar refractivity (Wildman–Crippen MR) is 63.1 cm³/mol. The number of hydrogen-bond donors (Lipinski definition) is 1. The molecule has 1 aliphatic rings. The molecule has 4 unspecified atom stereocenters. The number of rotatable bonds is 1. The van der Waals surface area contributed by atoms with E-state index in [0.717, 1.165) is 18.3 Å². The van der Waals surface area contributed by atoms with Gasteiger partial charge in [0.05, 0.1) is 0 Å². The monoisotopic (exact) mass is 195 g/mol. The molecule has 14 heavy (non-hydrogen) atoms. The molecule has 0 radical (unpaired) electrons. The zero-order valence-electron chi connectivity index (χ0n) is 10.1. The highest BCUT2D eigenvalue weighted by Crippen LogP contribution is 2.36. The van der Waals surface area contributed by atoms with Gasteiger partial charge in [0.15, 0.2) is 0 Å². The van der Waals surface area contributed by atoms with E-state index in [0.29, 0.717) is 5.92 Å². The van der Waals surface area contributed by atoms with Crippen LogP contribution in [-0.4, -0.2) is 5.54 Å². The fourth-order valence-corrected chi connectivity index (χ4v) is 3.02. The Bertz CT molecular complexity index is 205. The van der Waals surface area contributed by atoms with Crippen LogP contribution in [0.4, 0.5) is 0 Å². The lowest BCUT2D eigenvalue weighted by Crippen LogP contribution is -2.38. The molecule has 0 heterocycles. The van der Waals surface area contributed by atoms with Gasteiger partial charge >= 0.3 is 0 Å². The standard InChI is InChI=1S/C13H25N/c1-5-6-12-9-13(4,14)8-10(2)7-11(12)3/h5-6,10-12H,7-9,14H2,1-4H3. The van der Waals surface area contributed by atoms with Crippen LogP contribution in [0.25, 0.3) is 0 Å². The van der Waals surface area contributed by atoms with E-state index >= 15 is 0 Å². The smallest absolute Gasteiger partial charge is 0.0134 e. The van der Waals surface area contributed by atoms with Crippen molar-refractivity contribution in [3.63, 3.8) is 0 Å². The molecule has 4 atom stereocenters. The minimum Gasteiger partial charge on any atom is -0.325 e. The summed E-state index contributed by atoms with van der Waals surface area (Å²) >= 11 is 0. The van der Waals surface area contributed by atoms with Gasteiger partial charge in [-0.15, -0.1) is 0 Å². The maximum absolute atomic E-state index is 6.32. The van der Waals surface area contributed by atoms with E-state index in [1.807, 2.05) is 0 Å². The molecule has 1 rings (SSSR count). The summed E-state index contributed by atoms with van der Waals surface area (Å²) in [5.74, 6) is 2.24. The van der Waals surface area contributed by atoms with Crippen molar-refractivity contribution < 1.29 is 0 Å². The third kappa shape index (κ3) is 3.13. The fourth-order valence-electron chi connectivity index (χ4n) is 3.02. The van der Waals surface area contributed by atoms with Crippen LogP contribution in [-0.2, 0) is 0 Å². The van der Waals surface area contributed by atoms with Crippen molar-refractivity contribution in [2.75, 3.05) is 0 Å². The molecule has 0 bridgehead atoms. The Kier molecular flexibility index (Phi) is 3.77. The molecule has 1 aliphatic carbocycles. The molecule has 1 fully saturated rings. The maximum Gasteiger partial charge on any atom is 0.0134 e. The molecule has 0 aromatic carbocycles. The lowest BCUT2D eigenvalue weighted by Gasteiger charge is -2.27. The molecule has 82 valence electrons. The molecule has 1 heteroatoms. The van der Waals surface area contributed by atoms with Gasteiger partial charge in [-0.25, -0.2) is 0 Å². The van der Waals surface area contributed by atoms with E-state index in [9.17, 15) is 0 Å². The zero-order valence-corrected chi connectivity index (χ0v) is 10.1. The minimum absolute atomic E-state index is 0.0361. The first-order valence-electron chi connectivity index (χ1n) is 5.86. The molecule has 0 amide bonds. The summed E-state index contributed by atoms with van der Waals surface area (Å²) in [5, 5.41) is 0. The molecule has 0 aromatic rings. The Balaban J connectivity index is 2.76. The number of allylic oxidation sites excluding steroid dienone is 2. The van der Waals surface area contributed by atoms with Crippen molar-refractivity contribution in [3.8, 4) is 0 Å². The quantitative estimate of drug-likeness (QED) is 0.504. The average molecular weight is 195 g/mol. The lowest BCUT2D eigenvalue weighted by atomic mass is 9.84. The van der Waals surface area contributed by atoms with Gasteiger partial charge in [0.25, 0.3) is 0 Å². The van der Waals surface area contributed by atoms with E-state index in [1.54, 1.807) is 0 Å². The summed E-state index contributed by atoms with van der Waals surface area (Å²) in [7, 11) is 0. The Morgan fingerprint density at radius 3 is 2.50 bits per heavy atom. The number of hydrogen-bond acceptors (Lipinski definition) is 1. The van der Waals surface area contributed by atoms with Gasteiger partial charge in [-0.05, 0) is 50.9 Å². The topological polar surface area (TPSA) is 26.0 Å². The van der Waals surface area contributed by atoms with Crippen molar-refractivity contribution in [3.05, 3.63) is 12.2 Å². The van der Waals surface area contributed by atoms with Crippen LogP contribution >= 0.6 is 0 Å². The second-order valence-electron chi connectivity index (χ2n) is 5.57. The molecular weight excluding hydrogens is 170 g/mol. The van der Waals surface area contributed by atoms with Crippen LogP contribution in [0.5, 0.6) is 0 Å². The van der Waals surface area contributed by atoms with Crippen LogP contribution in [0.15, 0.2) is 12.2 Å². The zero-order chi connectivity index (χ0) is 10.8. The second kappa shape index (κ2) is 4.48. The molecule has 1 nitrogen and oxygen atoms in total. The van der Waals surface area contributed by atoms with Gasteiger partial charge in [-0.1, -0.05) is 26.0 Å². The Labute approximate surface area is 88.8 Å². The SMILES string of the molecule is CC=CC1CC(C)(N)CC(C)CC1C. The Morgan fingerprint density at radius 2 is 1.93 bits per heavy atom. The third-order valence-corrected chi connectivity index (χ3v) is 3.46. The van der Waals surface area contributed by atoms with Crippen LogP contribution in [0.3, 0.4) is 0 Å². The van der Waals surface area contributed by atoms with Crippen LogP contribution in [0, 0.1) is 17.8 Å². The lowest BCUT2D eigenvalue weighted by molar-refractivity contribution is 0.337. The first-order valence-corrected chi connectivity index (χ1v) is 5.86. The normalized spacial score (nSPS) is 45.4. The second-order valence-corrected chi connectivity index (χ2v) is 5.57. The molecular formula is C13H25N. The van der Waals surface area contributed by atoms with Gasteiger partial charge < -0.3 is 5.73 Å². The largest absolute Gasteiger partial charge is 0.325 e. The minimum atomic E-state index is 0.0361. The van der Waals surface area contributed by atoms with Crippen LogP contribution < -0.4 is 5.73 Å². The molecule has 2 N–H and O–H groups in total. The Morgan fingerprint density at radius 1 is 1.29 bits per heavy atom. The highest BCUT2D eigenvalue weighted by atomic mass is 14.7. The van der Waals surface area contributed by atoms with Gasteiger partial charge in [0, 0.05) is 5.54 Å². The summed E-state index contributed by atoms with van der Waals surface area (Å²) in [6, 6.07) is 0. The van der Waals surface area contributed by atoms with Crippen molar-refractivity contribution in [1.29, 1.82) is 0 Å². The van der Waals surface area contributed by atoms with Crippen molar-refractivity contribution in [1.82, 2.24) is 0 Å². The molecule has 0 saturated heterocycles. The Hall–Kier alpha value is -0.300. The summed E-state index contributed by atoms with van der Waals surface area (Å²) in [4.78, 5) is 0. The first-order chi connectivity index (χ1) is 6.44. The van der Waals surface area contributed by atoms with Crippen molar-refractivity contribution in [2.24, 2.45) is 23.5 Å². The maximum atomic E-state index is 6.32. The van der Waals surface area contributed by atoms with E-state index in [4.69, 9.17) is 5.73 Å². The summed E-state index contributed by atoms with van der Waals surface area (Å²) < 4.78 is 0. The molecule has 0 aromatic heterocycles. The van der Waals surface area contributed by atoms with Crippen molar-refractivity contribution in [2.45, 2.75) is 52.5 Å². The van der Waals surface area contributed by atoms with Gasteiger partial charge in [-0.2, -0.15) is 0 Å². The highest BCUT2D eigenvalue weighted by Gasteiger charge is 2.32. The van der Waals surface area contributed by atoms with E-state index in [2.05, 4.69) is 39.8 Å². The molecule has 0 spiro atoms. The highest BCUT2D eigenvalue weighted by molar-refractivity contribution is 4.97. The van der Waals surface area contributed by atoms with Crippen LogP contribution in [0.2, 0.25) is 0 Å². The van der Waals surface area contributed by atoms with Gasteiger partial charge in [0.1, 0.15) is 0 Å². The van der Waals surface area contributed by atoms with E-state index in [1.165, 1.54) is 12.8 Å².